The average molecular weight is 442 g/mol. The largest absolute Gasteiger partial charge is 0.298 e. The second kappa shape index (κ2) is 7.49. The minimum Gasteiger partial charge on any atom is -0.298 e. The number of halogens is 1. The van der Waals surface area contributed by atoms with Gasteiger partial charge in [0.25, 0.3) is 0 Å². The molecule has 26 heavy (non-hydrogen) atoms. The lowest BCUT2D eigenvalue weighted by Gasteiger charge is -1.97. The summed E-state index contributed by atoms with van der Waals surface area (Å²) in [6.45, 7) is 0. The second-order valence-corrected chi connectivity index (χ2v) is 8.22. The first-order valence-electron chi connectivity index (χ1n) is 7.73. The van der Waals surface area contributed by atoms with Gasteiger partial charge < -0.3 is 0 Å². The maximum absolute atomic E-state index is 12.1. The summed E-state index contributed by atoms with van der Waals surface area (Å²) in [6.07, 6.45) is 3.21. The van der Waals surface area contributed by atoms with Crippen LogP contribution in [0.5, 0.6) is 0 Å². The molecule has 2 heterocycles. The van der Waals surface area contributed by atoms with Gasteiger partial charge in [-0.05, 0) is 30.3 Å². The molecule has 0 aliphatic heterocycles. The van der Waals surface area contributed by atoms with Crippen molar-refractivity contribution in [2.75, 3.05) is 5.32 Å². The maximum Gasteiger partial charge on any atom is 0.250 e. The molecule has 0 bridgehead atoms. The van der Waals surface area contributed by atoms with Crippen molar-refractivity contribution in [3.05, 3.63) is 69.5 Å². The molecular formula is C19H12BrN3OS2. The van der Waals surface area contributed by atoms with E-state index in [2.05, 4.69) is 31.2 Å². The SMILES string of the molecule is O=C(/C=C/c1nc2ccccc2s1)Nc1nc(-c2ccc(Br)cc2)cs1. The van der Waals surface area contributed by atoms with Crippen LogP contribution in [0.4, 0.5) is 5.13 Å². The third-order valence-electron chi connectivity index (χ3n) is 3.56. The van der Waals surface area contributed by atoms with Crippen LogP contribution in [0.3, 0.4) is 0 Å². The molecule has 0 radical (unpaired) electrons. The number of nitrogens with zero attached hydrogens (tertiary/aromatic N) is 2. The summed E-state index contributed by atoms with van der Waals surface area (Å²) >= 11 is 6.37. The van der Waals surface area contributed by atoms with Gasteiger partial charge in [0.05, 0.1) is 15.9 Å². The number of hydrogen-bond acceptors (Lipinski definition) is 5. The van der Waals surface area contributed by atoms with Gasteiger partial charge in [0.15, 0.2) is 5.13 Å². The number of nitrogens with one attached hydrogen (secondary N) is 1. The van der Waals surface area contributed by atoms with Crippen LogP contribution in [0.25, 0.3) is 27.6 Å². The Bertz CT molecular complexity index is 1070. The molecule has 4 rings (SSSR count). The zero-order valence-corrected chi connectivity index (χ0v) is 16.6. The molecule has 0 spiro atoms. The van der Waals surface area contributed by atoms with Crippen LogP contribution in [0.1, 0.15) is 5.01 Å². The van der Waals surface area contributed by atoms with Gasteiger partial charge in [-0.3, -0.25) is 10.1 Å². The number of benzene rings is 2. The van der Waals surface area contributed by atoms with E-state index in [-0.39, 0.29) is 5.91 Å². The van der Waals surface area contributed by atoms with Gasteiger partial charge in [0, 0.05) is 21.5 Å². The van der Waals surface area contributed by atoms with Crippen molar-refractivity contribution in [3.63, 3.8) is 0 Å². The van der Waals surface area contributed by atoms with Crippen LogP contribution >= 0.6 is 38.6 Å². The Morgan fingerprint density at radius 1 is 1.08 bits per heavy atom. The molecule has 4 nitrogen and oxygen atoms in total. The number of carbonyl (C=O) groups excluding carboxylic acids is 1. The van der Waals surface area contributed by atoms with Crippen molar-refractivity contribution in [2.24, 2.45) is 0 Å². The molecule has 1 N–H and O–H groups in total. The van der Waals surface area contributed by atoms with E-state index in [0.29, 0.717) is 5.13 Å². The molecule has 0 fully saturated rings. The molecule has 0 saturated heterocycles. The number of para-hydroxylation sites is 1. The van der Waals surface area contributed by atoms with E-state index in [1.54, 1.807) is 17.4 Å². The van der Waals surface area contributed by atoms with Crippen molar-refractivity contribution in [1.29, 1.82) is 0 Å². The Balaban J connectivity index is 1.44. The number of rotatable bonds is 4. The lowest BCUT2D eigenvalue weighted by atomic mass is 10.2. The quantitative estimate of drug-likeness (QED) is 0.405. The highest BCUT2D eigenvalue weighted by Gasteiger charge is 2.07. The van der Waals surface area contributed by atoms with Crippen molar-refractivity contribution in [2.45, 2.75) is 0 Å². The molecule has 0 saturated carbocycles. The number of hydrogen-bond donors (Lipinski definition) is 1. The Morgan fingerprint density at radius 3 is 2.69 bits per heavy atom. The lowest BCUT2D eigenvalue weighted by molar-refractivity contribution is -0.111. The van der Waals surface area contributed by atoms with Crippen LogP contribution in [0, 0.1) is 0 Å². The molecular weight excluding hydrogens is 430 g/mol. The smallest absolute Gasteiger partial charge is 0.250 e. The lowest BCUT2D eigenvalue weighted by Crippen LogP contribution is -2.07. The number of carbonyl (C=O) groups is 1. The van der Waals surface area contributed by atoms with Crippen LogP contribution in [-0.2, 0) is 4.79 Å². The molecule has 0 aliphatic carbocycles. The van der Waals surface area contributed by atoms with Crippen molar-refractivity contribution < 1.29 is 4.79 Å². The number of aromatic nitrogens is 2. The summed E-state index contributed by atoms with van der Waals surface area (Å²) in [7, 11) is 0. The first-order chi connectivity index (χ1) is 12.7. The fraction of sp³-hybridized carbons (Fsp3) is 0. The Hall–Kier alpha value is -2.35. The standard InChI is InChI=1S/C19H12BrN3OS2/c20-13-7-5-12(6-8-13)15-11-25-19(22-15)23-17(24)9-10-18-21-14-3-1-2-4-16(14)26-18/h1-11H,(H,22,23,24)/b10-9+. The van der Waals surface area contributed by atoms with E-state index >= 15 is 0 Å². The highest BCUT2D eigenvalue weighted by atomic mass is 79.9. The van der Waals surface area contributed by atoms with Crippen molar-refractivity contribution in [1.82, 2.24) is 9.97 Å². The first-order valence-corrected chi connectivity index (χ1v) is 10.2. The Kier molecular flexibility index (Phi) is 4.92. The Labute approximate surface area is 166 Å². The predicted octanol–water partition coefficient (Wildman–Crippen LogP) is 5.83. The summed E-state index contributed by atoms with van der Waals surface area (Å²) < 4.78 is 2.12. The monoisotopic (exact) mass is 441 g/mol. The highest BCUT2D eigenvalue weighted by Crippen LogP contribution is 2.26. The fourth-order valence-corrected chi connectivity index (χ4v) is 4.20. The molecule has 1 amide bonds. The molecule has 2 aromatic carbocycles. The van der Waals surface area contributed by atoms with E-state index in [1.807, 2.05) is 53.9 Å². The van der Waals surface area contributed by atoms with E-state index in [1.165, 1.54) is 17.4 Å². The first kappa shape index (κ1) is 17.1. The Morgan fingerprint density at radius 2 is 1.88 bits per heavy atom. The summed E-state index contributed by atoms with van der Waals surface area (Å²) in [5.41, 5.74) is 2.79. The summed E-state index contributed by atoms with van der Waals surface area (Å²) in [4.78, 5) is 21.1. The number of thiazole rings is 2. The maximum atomic E-state index is 12.1. The topological polar surface area (TPSA) is 54.9 Å². The molecule has 0 unspecified atom stereocenters. The zero-order valence-electron chi connectivity index (χ0n) is 13.3. The van der Waals surface area contributed by atoms with Gasteiger partial charge in [0.2, 0.25) is 5.91 Å². The molecule has 7 heteroatoms. The van der Waals surface area contributed by atoms with Crippen LogP contribution in [-0.4, -0.2) is 15.9 Å². The van der Waals surface area contributed by atoms with E-state index < -0.39 is 0 Å². The van der Waals surface area contributed by atoms with Gasteiger partial charge in [-0.2, -0.15) is 0 Å². The van der Waals surface area contributed by atoms with Gasteiger partial charge >= 0.3 is 0 Å². The third kappa shape index (κ3) is 3.90. The van der Waals surface area contributed by atoms with Gasteiger partial charge in [0.1, 0.15) is 5.01 Å². The minimum absolute atomic E-state index is 0.221. The molecule has 128 valence electrons. The van der Waals surface area contributed by atoms with Crippen LogP contribution in [0.2, 0.25) is 0 Å². The van der Waals surface area contributed by atoms with Crippen LogP contribution in [0.15, 0.2) is 64.5 Å². The van der Waals surface area contributed by atoms with E-state index in [4.69, 9.17) is 0 Å². The minimum atomic E-state index is -0.221. The molecule has 0 atom stereocenters. The number of amides is 1. The number of fused-ring (bicyclic) bond motifs is 1. The molecule has 4 aromatic rings. The van der Waals surface area contributed by atoms with Gasteiger partial charge in [-0.1, -0.05) is 40.2 Å². The van der Waals surface area contributed by atoms with Crippen molar-refractivity contribution >= 4 is 65.9 Å². The molecule has 0 aliphatic rings. The third-order valence-corrected chi connectivity index (χ3v) is 5.85. The predicted molar refractivity (Wildman–Crippen MR) is 113 cm³/mol. The summed E-state index contributed by atoms with van der Waals surface area (Å²) in [5.74, 6) is -0.221. The van der Waals surface area contributed by atoms with Crippen LogP contribution < -0.4 is 5.32 Å². The van der Waals surface area contributed by atoms with Gasteiger partial charge in [-0.15, -0.1) is 22.7 Å². The summed E-state index contributed by atoms with van der Waals surface area (Å²) in [6, 6.07) is 15.8. The second-order valence-electron chi connectivity index (χ2n) is 5.39. The average Bonchev–Trinajstić information content (AvgIpc) is 3.27. The normalized spacial score (nSPS) is 11.3. The zero-order chi connectivity index (χ0) is 17.9. The van der Waals surface area contributed by atoms with E-state index in [0.717, 1.165) is 31.0 Å². The summed E-state index contributed by atoms with van der Waals surface area (Å²) in [5, 5.41) is 6.10. The van der Waals surface area contributed by atoms with Crippen molar-refractivity contribution in [3.8, 4) is 11.3 Å². The highest BCUT2D eigenvalue weighted by molar-refractivity contribution is 9.10. The fourth-order valence-electron chi connectivity index (χ4n) is 2.34. The van der Waals surface area contributed by atoms with E-state index in [9.17, 15) is 4.79 Å². The number of anilines is 1. The molecule has 2 aromatic heterocycles. The van der Waals surface area contributed by atoms with Gasteiger partial charge in [-0.25, -0.2) is 9.97 Å².